The van der Waals surface area contributed by atoms with E-state index in [4.69, 9.17) is 19.2 Å². The summed E-state index contributed by atoms with van der Waals surface area (Å²) in [7, 11) is 1.66. The van der Waals surface area contributed by atoms with E-state index in [-0.39, 0.29) is 11.5 Å². The number of methoxy groups -OCH3 is 1. The van der Waals surface area contributed by atoms with E-state index in [1.165, 1.54) is 4.68 Å². The third-order valence-electron chi connectivity index (χ3n) is 6.39. The van der Waals surface area contributed by atoms with Crippen molar-refractivity contribution in [3.05, 3.63) is 85.2 Å². The molecule has 0 saturated heterocycles. The molecule has 0 saturated carbocycles. The molecule has 9 heteroatoms. The van der Waals surface area contributed by atoms with Gasteiger partial charge in [-0.05, 0) is 108 Å². The van der Waals surface area contributed by atoms with Crippen molar-refractivity contribution in [2.24, 2.45) is 5.10 Å². The van der Waals surface area contributed by atoms with Crippen LogP contribution in [-0.4, -0.2) is 41.7 Å². The average Bonchev–Trinajstić information content (AvgIpc) is 2.93. The first-order chi connectivity index (χ1) is 19.1. The lowest BCUT2D eigenvalue weighted by Crippen LogP contribution is -2.26. The van der Waals surface area contributed by atoms with E-state index in [1.807, 2.05) is 49.4 Å². The van der Waals surface area contributed by atoms with Gasteiger partial charge in [-0.15, -0.1) is 0 Å². The van der Waals surface area contributed by atoms with Crippen molar-refractivity contribution in [3.8, 4) is 22.9 Å². The summed E-state index contributed by atoms with van der Waals surface area (Å²) in [6.45, 7) is 9.85. The highest BCUT2D eigenvalue weighted by Crippen LogP contribution is 2.34. The number of esters is 1. The predicted octanol–water partition coefficient (Wildman–Crippen LogP) is 6.32. The van der Waals surface area contributed by atoms with Crippen LogP contribution in [0.25, 0.3) is 22.3 Å². The number of aromatic nitrogens is 2. The van der Waals surface area contributed by atoms with E-state index in [0.29, 0.717) is 29.1 Å². The van der Waals surface area contributed by atoms with Gasteiger partial charge in [0.15, 0.2) is 11.9 Å². The highest BCUT2D eigenvalue weighted by atomic mass is 127. The summed E-state index contributed by atoms with van der Waals surface area (Å²) < 4.78 is 18.6. The van der Waals surface area contributed by atoms with Crippen molar-refractivity contribution in [1.82, 2.24) is 9.66 Å². The van der Waals surface area contributed by atoms with Crippen molar-refractivity contribution in [3.63, 3.8) is 0 Å². The highest BCUT2D eigenvalue weighted by Gasteiger charge is 2.19. The van der Waals surface area contributed by atoms with Crippen molar-refractivity contribution < 1.29 is 19.0 Å². The van der Waals surface area contributed by atoms with E-state index in [0.717, 1.165) is 31.6 Å². The number of halogens is 1. The molecule has 0 aliphatic heterocycles. The number of para-hydroxylation sites is 1. The topological polar surface area (TPSA) is 92.0 Å². The zero-order chi connectivity index (χ0) is 29.0. The number of ether oxygens (including phenoxy) is 3. The van der Waals surface area contributed by atoms with Gasteiger partial charge in [-0.1, -0.05) is 26.0 Å². The molecule has 4 rings (SSSR count). The number of nitrogens with zero attached hydrogens (tertiary/aromatic N) is 3. The smallest absolute Gasteiger partial charge is 0.347 e. The second-order valence-corrected chi connectivity index (χ2v) is 10.7. The van der Waals surface area contributed by atoms with Gasteiger partial charge < -0.3 is 14.2 Å². The molecular formula is C31H32IN3O5. The summed E-state index contributed by atoms with van der Waals surface area (Å²) in [6, 6.07) is 16.7. The summed E-state index contributed by atoms with van der Waals surface area (Å²) >= 11 is 2.14. The molecule has 0 radical (unpaired) electrons. The van der Waals surface area contributed by atoms with Crippen LogP contribution in [-0.2, 0) is 9.53 Å². The predicted molar refractivity (Wildman–Crippen MR) is 166 cm³/mol. The summed E-state index contributed by atoms with van der Waals surface area (Å²) in [6.07, 6.45) is 0.880. The third-order valence-corrected chi connectivity index (χ3v) is 7.24. The lowest BCUT2D eigenvalue weighted by atomic mass is 9.96. The van der Waals surface area contributed by atoms with Crippen LogP contribution in [0.3, 0.4) is 0 Å². The van der Waals surface area contributed by atoms with E-state index in [2.05, 4.69) is 41.5 Å². The quantitative estimate of drug-likeness (QED) is 0.119. The fourth-order valence-electron chi connectivity index (χ4n) is 4.29. The molecule has 0 bridgehead atoms. The second-order valence-electron chi connectivity index (χ2n) is 9.58. The number of rotatable bonds is 9. The van der Waals surface area contributed by atoms with Gasteiger partial charge in [0.2, 0.25) is 0 Å². The van der Waals surface area contributed by atoms with E-state index < -0.39 is 12.1 Å². The first kappa shape index (κ1) is 29.3. The SMILES string of the molecule is CCOC(=O)[C@H](C)Oc1ccc(C=Nn2c(-c3cc(C(C)C)c(OC)cc3C)nc3ccccc3c2=O)cc1I. The van der Waals surface area contributed by atoms with Gasteiger partial charge >= 0.3 is 5.97 Å². The van der Waals surface area contributed by atoms with Crippen molar-refractivity contribution >= 4 is 45.7 Å². The first-order valence-corrected chi connectivity index (χ1v) is 14.1. The maximum Gasteiger partial charge on any atom is 0.347 e. The van der Waals surface area contributed by atoms with Crippen molar-refractivity contribution in [2.75, 3.05) is 13.7 Å². The van der Waals surface area contributed by atoms with Crippen molar-refractivity contribution in [2.45, 2.75) is 46.6 Å². The van der Waals surface area contributed by atoms with Crippen LogP contribution in [0.5, 0.6) is 11.5 Å². The number of carbonyl (C=O) groups is 1. The van der Waals surface area contributed by atoms with Crippen LogP contribution in [0.1, 0.15) is 50.3 Å². The third kappa shape index (κ3) is 6.19. The largest absolute Gasteiger partial charge is 0.496 e. The Hall–Kier alpha value is -3.73. The Morgan fingerprint density at radius 1 is 1.10 bits per heavy atom. The van der Waals surface area contributed by atoms with E-state index in [1.54, 1.807) is 39.3 Å². The van der Waals surface area contributed by atoms with Crippen LogP contribution in [0.4, 0.5) is 0 Å². The van der Waals surface area contributed by atoms with Crippen LogP contribution in [0.2, 0.25) is 0 Å². The number of aryl methyl sites for hydroxylation is 1. The van der Waals surface area contributed by atoms with Crippen LogP contribution in [0.15, 0.2) is 64.5 Å². The van der Waals surface area contributed by atoms with Crippen LogP contribution >= 0.6 is 22.6 Å². The molecule has 8 nitrogen and oxygen atoms in total. The zero-order valence-electron chi connectivity index (χ0n) is 23.4. The molecule has 0 unspecified atom stereocenters. The summed E-state index contributed by atoms with van der Waals surface area (Å²) in [5.74, 6) is 1.57. The average molecular weight is 654 g/mol. The van der Waals surface area contributed by atoms with E-state index >= 15 is 0 Å². The molecule has 4 aromatic rings. The Kier molecular flexibility index (Phi) is 9.24. The molecule has 0 N–H and O–H groups in total. The zero-order valence-corrected chi connectivity index (χ0v) is 25.6. The monoisotopic (exact) mass is 653 g/mol. The van der Waals surface area contributed by atoms with Gasteiger partial charge in [0.05, 0.1) is 34.4 Å². The number of carbonyl (C=O) groups excluding carboxylic acids is 1. The van der Waals surface area contributed by atoms with Gasteiger partial charge in [-0.3, -0.25) is 4.79 Å². The van der Waals surface area contributed by atoms with Gasteiger partial charge in [0, 0.05) is 5.56 Å². The van der Waals surface area contributed by atoms with Gasteiger partial charge in [0.25, 0.3) is 5.56 Å². The maximum atomic E-state index is 13.7. The minimum atomic E-state index is -0.735. The van der Waals surface area contributed by atoms with Crippen molar-refractivity contribution in [1.29, 1.82) is 0 Å². The molecule has 0 aliphatic rings. The molecule has 3 aromatic carbocycles. The summed E-state index contributed by atoms with van der Waals surface area (Å²) in [5.41, 5.74) is 3.82. The molecule has 0 fully saturated rings. The lowest BCUT2D eigenvalue weighted by molar-refractivity contribution is -0.150. The number of hydrogen-bond donors (Lipinski definition) is 0. The highest BCUT2D eigenvalue weighted by molar-refractivity contribution is 14.1. The second kappa shape index (κ2) is 12.6. The Bertz CT molecular complexity index is 1640. The molecule has 1 heterocycles. The molecule has 208 valence electrons. The first-order valence-electron chi connectivity index (χ1n) is 13.0. The van der Waals surface area contributed by atoms with Crippen LogP contribution in [0, 0.1) is 10.5 Å². The standard InChI is InChI=1S/C31H32IN3O5/c1-7-39-31(37)20(5)40-27-13-12-21(15-25(27)32)17-33-35-29(34-26-11-9-8-10-22(26)30(35)36)24-16-23(18(2)3)28(38-6)14-19(24)4/h8-18,20H,7H2,1-6H3/t20-/m0/s1. The Morgan fingerprint density at radius 2 is 1.85 bits per heavy atom. The number of hydrogen-bond acceptors (Lipinski definition) is 7. The van der Waals surface area contributed by atoms with Gasteiger partial charge in [-0.2, -0.15) is 9.78 Å². The maximum absolute atomic E-state index is 13.7. The summed E-state index contributed by atoms with van der Waals surface area (Å²) in [5, 5.41) is 5.09. The molecule has 40 heavy (non-hydrogen) atoms. The Labute approximate surface area is 247 Å². The molecule has 0 aliphatic carbocycles. The molecule has 1 atom stereocenters. The molecule has 1 aromatic heterocycles. The molecule has 0 spiro atoms. The molecular weight excluding hydrogens is 621 g/mol. The number of benzene rings is 3. The Morgan fingerprint density at radius 3 is 2.52 bits per heavy atom. The number of fused-ring (bicyclic) bond motifs is 1. The lowest BCUT2D eigenvalue weighted by Gasteiger charge is -2.17. The minimum absolute atomic E-state index is 0.202. The molecule has 0 amide bonds. The van der Waals surface area contributed by atoms with Crippen LogP contribution < -0.4 is 15.0 Å². The van der Waals surface area contributed by atoms with Gasteiger partial charge in [0.1, 0.15) is 11.5 Å². The Balaban J connectivity index is 1.79. The van der Waals surface area contributed by atoms with Gasteiger partial charge in [-0.25, -0.2) is 9.78 Å². The normalized spacial score (nSPS) is 12.2. The fraction of sp³-hybridized carbons (Fsp3) is 0.290. The summed E-state index contributed by atoms with van der Waals surface area (Å²) in [4.78, 5) is 30.5. The minimum Gasteiger partial charge on any atom is -0.496 e. The van der Waals surface area contributed by atoms with E-state index in [9.17, 15) is 9.59 Å². The fourth-order valence-corrected chi connectivity index (χ4v) is 4.95.